The molecule has 1 saturated heterocycles. The third-order valence-electron chi connectivity index (χ3n) is 2.79. The van der Waals surface area contributed by atoms with Gasteiger partial charge in [-0.3, -0.25) is 4.79 Å². The van der Waals surface area contributed by atoms with Gasteiger partial charge in [-0.05, 0) is 31.5 Å². The molecule has 17 heavy (non-hydrogen) atoms. The van der Waals surface area contributed by atoms with Crippen LogP contribution in [0.25, 0.3) is 0 Å². The van der Waals surface area contributed by atoms with Crippen molar-refractivity contribution < 1.29 is 4.79 Å². The molecule has 1 amide bonds. The van der Waals surface area contributed by atoms with Gasteiger partial charge in [0, 0.05) is 17.2 Å². The summed E-state index contributed by atoms with van der Waals surface area (Å²) in [6.07, 6.45) is 2.08. The van der Waals surface area contributed by atoms with Crippen molar-refractivity contribution in [1.29, 1.82) is 0 Å². The zero-order valence-corrected chi connectivity index (χ0v) is 10.6. The summed E-state index contributed by atoms with van der Waals surface area (Å²) in [5.74, 6) is 1.07. The van der Waals surface area contributed by atoms with E-state index in [4.69, 9.17) is 0 Å². The maximum atomic E-state index is 11.7. The Morgan fingerprint density at radius 1 is 1.41 bits per heavy atom. The number of carbonyl (C=O) groups excluding carboxylic acids is 1. The molecule has 3 nitrogen and oxygen atoms in total. The Kier molecular flexibility index (Phi) is 4.88. The average molecular weight is 250 g/mol. The Morgan fingerprint density at radius 2 is 2.24 bits per heavy atom. The van der Waals surface area contributed by atoms with Crippen LogP contribution in [0.15, 0.2) is 35.2 Å². The Balaban J connectivity index is 1.61. The smallest absolute Gasteiger partial charge is 0.237 e. The summed E-state index contributed by atoms with van der Waals surface area (Å²) in [7, 11) is 0. The number of benzene rings is 1. The summed E-state index contributed by atoms with van der Waals surface area (Å²) in [6.45, 7) is 1.70. The maximum Gasteiger partial charge on any atom is 0.237 e. The van der Waals surface area contributed by atoms with Gasteiger partial charge in [0.1, 0.15) is 0 Å². The van der Waals surface area contributed by atoms with Crippen LogP contribution < -0.4 is 10.6 Å². The molecule has 1 atom stereocenters. The molecular formula is C13H18N2OS. The number of nitrogens with one attached hydrogen (secondary N) is 2. The lowest BCUT2D eigenvalue weighted by Crippen LogP contribution is -2.41. The lowest BCUT2D eigenvalue weighted by molar-refractivity contribution is -0.122. The Hall–Kier alpha value is -1.00. The van der Waals surface area contributed by atoms with E-state index >= 15 is 0 Å². The summed E-state index contributed by atoms with van der Waals surface area (Å²) in [5, 5.41) is 6.17. The Labute approximate surface area is 106 Å². The van der Waals surface area contributed by atoms with Gasteiger partial charge in [-0.1, -0.05) is 18.2 Å². The van der Waals surface area contributed by atoms with Crippen molar-refractivity contribution in [2.75, 3.05) is 18.8 Å². The molecule has 1 heterocycles. The first-order valence-corrected chi connectivity index (χ1v) is 7.04. The fraction of sp³-hybridized carbons (Fsp3) is 0.462. The molecule has 0 aliphatic carbocycles. The predicted molar refractivity (Wildman–Crippen MR) is 71.2 cm³/mol. The van der Waals surface area contributed by atoms with Crippen LogP contribution in [-0.2, 0) is 4.79 Å². The molecule has 0 spiro atoms. The fourth-order valence-corrected chi connectivity index (χ4v) is 2.68. The first-order chi connectivity index (χ1) is 8.36. The highest BCUT2D eigenvalue weighted by atomic mass is 32.2. The first-order valence-electron chi connectivity index (χ1n) is 6.05. The van der Waals surface area contributed by atoms with Crippen LogP contribution in [0.5, 0.6) is 0 Å². The van der Waals surface area contributed by atoms with Crippen LogP contribution in [0.3, 0.4) is 0 Å². The summed E-state index contributed by atoms with van der Waals surface area (Å²) in [4.78, 5) is 12.9. The molecule has 0 aromatic heterocycles. The molecule has 1 fully saturated rings. The number of amides is 1. The summed E-state index contributed by atoms with van der Waals surface area (Å²) in [5.41, 5.74) is 0. The van der Waals surface area contributed by atoms with Crippen molar-refractivity contribution in [3.05, 3.63) is 30.3 Å². The Morgan fingerprint density at radius 3 is 2.94 bits per heavy atom. The minimum absolute atomic E-state index is 0.0386. The molecule has 0 unspecified atom stereocenters. The quantitative estimate of drug-likeness (QED) is 0.617. The van der Waals surface area contributed by atoms with Crippen molar-refractivity contribution >= 4 is 17.7 Å². The third kappa shape index (κ3) is 4.06. The van der Waals surface area contributed by atoms with E-state index in [1.54, 1.807) is 11.8 Å². The summed E-state index contributed by atoms with van der Waals surface area (Å²) < 4.78 is 0. The first kappa shape index (κ1) is 12.5. The van der Waals surface area contributed by atoms with Gasteiger partial charge in [-0.2, -0.15) is 0 Å². The molecule has 4 heteroatoms. The van der Waals surface area contributed by atoms with Crippen LogP contribution in [0.2, 0.25) is 0 Å². The molecule has 1 aromatic carbocycles. The average Bonchev–Trinajstić information content (AvgIpc) is 2.89. The molecule has 0 radical (unpaired) electrons. The van der Waals surface area contributed by atoms with Crippen molar-refractivity contribution in [2.45, 2.75) is 23.8 Å². The van der Waals surface area contributed by atoms with Gasteiger partial charge < -0.3 is 10.6 Å². The molecule has 2 N–H and O–H groups in total. The third-order valence-corrected chi connectivity index (χ3v) is 3.80. The molecule has 0 saturated carbocycles. The zero-order chi connectivity index (χ0) is 11.9. The van der Waals surface area contributed by atoms with Crippen molar-refractivity contribution in [2.24, 2.45) is 0 Å². The second kappa shape index (κ2) is 6.67. The number of hydrogen-bond donors (Lipinski definition) is 2. The van der Waals surface area contributed by atoms with Gasteiger partial charge in [0.15, 0.2) is 0 Å². The van der Waals surface area contributed by atoms with E-state index in [1.165, 1.54) is 4.90 Å². The van der Waals surface area contributed by atoms with Crippen molar-refractivity contribution in [3.8, 4) is 0 Å². The highest BCUT2D eigenvalue weighted by molar-refractivity contribution is 7.99. The van der Waals surface area contributed by atoms with Gasteiger partial charge in [0.2, 0.25) is 5.91 Å². The minimum atomic E-state index is 0.0386. The minimum Gasteiger partial charge on any atom is -0.354 e. The SMILES string of the molecule is O=C(NCCSc1ccccc1)[C@H]1CCCN1. The van der Waals surface area contributed by atoms with Gasteiger partial charge >= 0.3 is 0 Å². The van der Waals surface area contributed by atoms with E-state index in [9.17, 15) is 4.79 Å². The molecule has 1 aliphatic heterocycles. The highest BCUT2D eigenvalue weighted by Gasteiger charge is 2.20. The fourth-order valence-electron chi connectivity index (χ4n) is 1.89. The van der Waals surface area contributed by atoms with Crippen LogP contribution in [0.4, 0.5) is 0 Å². The second-order valence-electron chi connectivity index (χ2n) is 4.10. The van der Waals surface area contributed by atoms with E-state index in [1.807, 2.05) is 18.2 Å². The van der Waals surface area contributed by atoms with Crippen LogP contribution >= 0.6 is 11.8 Å². The van der Waals surface area contributed by atoms with E-state index in [2.05, 4.69) is 22.8 Å². The Bertz CT molecular complexity index is 350. The second-order valence-corrected chi connectivity index (χ2v) is 5.27. The molecule has 1 aromatic rings. The molecular weight excluding hydrogens is 232 g/mol. The maximum absolute atomic E-state index is 11.7. The zero-order valence-electron chi connectivity index (χ0n) is 9.82. The van der Waals surface area contributed by atoms with Crippen LogP contribution in [-0.4, -0.2) is 30.8 Å². The van der Waals surface area contributed by atoms with Gasteiger partial charge in [0.05, 0.1) is 6.04 Å². The molecule has 1 aliphatic rings. The number of rotatable bonds is 5. The van der Waals surface area contributed by atoms with Crippen molar-refractivity contribution in [3.63, 3.8) is 0 Å². The van der Waals surface area contributed by atoms with Gasteiger partial charge in [-0.15, -0.1) is 11.8 Å². The standard InChI is InChI=1S/C13H18N2OS/c16-13(12-7-4-8-14-12)15-9-10-17-11-5-2-1-3-6-11/h1-3,5-6,12,14H,4,7-10H2,(H,15,16)/t12-/m1/s1. The van der Waals surface area contributed by atoms with E-state index < -0.39 is 0 Å². The molecule has 0 bridgehead atoms. The molecule has 92 valence electrons. The van der Waals surface area contributed by atoms with Crippen molar-refractivity contribution in [1.82, 2.24) is 10.6 Å². The number of carbonyl (C=O) groups is 1. The monoisotopic (exact) mass is 250 g/mol. The highest BCUT2D eigenvalue weighted by Crippen LogP contribution is 2.15. The normalized spacial score (nSPS) is 19.2. The lowest BCUT2D eigenvalue weighted by atomic mass is 10.2. The largest absolute Gasteiger partial charge is 0.354 e. The summed E-state index contributed by atoms with van der Waals surface area (Å²) >= 11 is 1.77. The topological polar surface area (TPSA) is 41.1 Å². The predicted octanol–water partition coefficient (Wildman–Crippen LogP) is 1.65. The van der Waals surface area contributed by atoms with E-state index in [0.29, 0.717) is 0 Å². The van der Waals surface area contributed by atoms with Crippen LogP contribution in [0, 0.1) is 0 Å². The number of hydrogen-bond acceptors (Lipinski definition) is 3. The summed E-state index contributed by atoms with van der Waals surface area (Å²) in [6, 6.07) is 10.3. The van der Waals surface area contributed by atoms with E-state index in [0.717, 1.165) is 31.7 Å². The number of thioether (sulfide) groups is 1. The van der Waals surface area contributed by atoms with Gasteiger partial charge in [-0.25, -0.2) is 0 Å². The van der Waals surface area contributed by atoms with Crippen LogP contribution in [0.1, 0.15) is 12.8 Å². The van der Waals surface area contributed by atoms with Gasteiger partial charge in [0.25, 0.3) is 0 Å². The molecule has 2 rings (SSSR count). The lowest BCUT2D eigenvalue weighted by Gasteiger charge is -2.10. The van der Waals surface area contributed by atoms with E-state index in [-0.39, 0.29) is 11.9 Å².